The average molecular weight is 301 g/mol. The van der Waals surface area contributed by atoms with Gasteiger partial charge in [-0.15, -0.1) is 11.3 Å². The zero-order valence-electron chi connectivity index (χ0n) is 12.1. The number of hydrogen-bond acceptors (Lipinski definition) is 5. The first-order chi connectivity index (χ1) is 10.0. The highest BCUT2D eigenvalue weighted by atomic mass is 32.1. The molecule has 0 aliphatic carbocycles. The molecular weight excluding hydrogens is 286 g/mol. The predicted octanol–water partition coefficient (Wildman–Crippen LogP) is 3.29. The number of aromatic nitrogens is 1. The van der Waals surface area contributed by atoms with Crippen LogP contribution in [0.3, 0.4) is 0 Å². The third-order valence-electron chi connectivity index (χ3n) is 2.95. The van der Waals surface area contributed by atoms with E-state index in [1.807, 2.05) is 38.1 Å². The zero-order valence-corrected chi connectivity index (χ0v) is 12.9. The summed E-state index contributed by atoms with van der Waals surface area (Å²) >= 11 is 1.40. The number of ether oxygens (including phenoxy) is 1. The van der Waals surface area contributed by atoms with Crippen molar-refractivity contribution in [3.05, 3.63) is 28.6 Å². The van der Waals surface area contributed by atoms with Crippen LogP contribution in [0.1, 0.15) is 16.9 Å². The van der Waals surface area contributed by atoms with Crippen LogP contribution in [0.25, 0.3) is 11.3 Å². The van der Waals surface area contributed by atoms with Crippen molar-refractivity contribution >= 4 is 22.4 Å². The van der Waals surface area contributed by atoms with E-state index >= 15 is 0 Å². The van der Waals surface area contributed by atoms with Gasteiger partial charge in [0.05, 0.1) is 18.9 Å². The summed E-state index contributed by atoms with van der Waals surface area (Å²) in [6.45, 7) is 3.92. The Labute approximate surface area is 127 Å². The number of thiazole rings is 1. The van der Waals surface area contributed by atoms with Gasteiger partial charge in [0, 0.05) is 10.4 Å². The Kier molecular flexibility index (Phi) is 4.55. The van der Waals surface area contributed by atoms with Crippen LogP contribution in [0.15, 0.2) is 18.2 Å². The quantitative estimate of drug-likeness (QED) is 0.940. The van der Waals surface area contributed by atoms with E-state index in [1.165, 1.54) is 11.3 Å². The monoisotopic (exact) mass is 301 g/mol. The van der Waals surface area contributed by atoms with Gasteiger partial charge in [-0.1, -0.05) is 0 Å². The number of anilines is 1. The fourth-order valence-corrected chi connectivity index (χ4v) is 2.83. The third-order valence-corrected chi connectivity index (χ3v) is 3.84. The number of nitrogens with zero attached hydrogens (tertiary/aromatic N) is 2. The summed E-state index contributed by atoms with van der Waals surface area (Å²) in [5.41, 5.74) is 2.83. The number of carbonyl (C=O) groups is 1. The Morgan fingerprint density at radius 3 is 2.86 bits per heavy atom. The number of carbonyl (C=O) groups excluding carboxylic acids is 1. The van der Waals surface area contributed by atoms with Gasteiger partial charge in [-0.25, -0.2) is 4.98 Å². The SMILES string of the molecule is COc1ccc(-c2nc(NC(=O)CC#N)sc2C)cc1C. The van der Waals surface area contributed by atoms with Crippen LogP contribution in [0.5, 0.6) is 5.75 Å². The molecule has 21 heavy (non-hydrogen) atoms. The zero-order chi connectivity index (χ0) is 15.4. The lowest BCUT2D eigenvalue weighted by Crippen LogP contribution is -2.09. The fourth-order valence-electron chi connectivity index (χ4n) is 1.98. The van der Waals surface area contributed by atoms with E-state index in [0.717, 1.165) is 27.4 Å². The molecule has 0 aliphatic heterocycles. The molecule has 0 saturated carbocycles. The molecule has 0 bridgehead atoms. The minimum atomic E-state index is -0.344. The summed E-state index contributed by atoms with van der Waals surface area (Å²) in [6.07, 6.45) is -0.171. The van der Waals surface area contributed by atoms with E-state index in [9.17, 15) is 4.79 Å². The van der Waals surface area contributed by atoms with Gasteiger partial charge in [-0.3, -0.25) is 4.79 Å². The second kappa shape index (κ2) is 6.37. The highest BCUT2D eigenvalue weighted by Crippen LogP contribution is 2.32. The molecule has 1 N–H and O–H groups in total. The number of nitriles is 1. The standard InChI is InChI=1S/C15H15N3O2S/c1-9-8-11(4-5-12(9)20-3)14-10(2)21-15(18-14)17-13(19)6-7-16/h4-5,8H,6H2,1-3H3,(H,17,18,19). The largest absolute Gasteiger partial charge is 0.496 e. The molecule has 0 unspecified atom stereocenters. The Bertz CT molecular complexity index is 716. The van der Waals surface area contributed by atoms with Gasteiger partial charge < -0.3 is 10.1 Å². The molecule has 5 nitrogen and oxygen atoms in total. The molecule has 6 heteroatoms. The summed E-state index contributed by atoms with van der Waals surface area (Å²) in [5.74, 6) is 0.484. The topological polar surface area (TPSA) is 75.0 Å². The van der Waals surface area contributed by atoms with Crippen molar-refractivity contribution in [3.8, 4) is 23.1 Å². The molecule has 0 aliphatic rings. The van der Waals surface area contributed by atoms with Crippen LogP contribution in [0.4, 0.5) is 5.13 Å². The first-order valence-electron chi connectivity index (χ1n) is 6.34. The molecule has 108 valence electrons. The van der Waals surface area contributed by atoms with Crippen molar-refractivity contribution in [1.29, 1.82) is 5.26 Å². The van der Waals surface area contributed by atoms with Crippen LogP contribution < -0.4 is 10.1 Å². The summed E-state index contributed by atoms with van der Waals surface area (Å²) in [5, 5.41) is 11.6. The Balaban J connectivity index is 2.29. The van der Waals surface area contributed by atoms with Crippen molar-refractivity contribution < 1.29 is 9.53 Å². The van der Waals surface area contributed by atoms with Crippen molar-refractivity contribution in [2.24, 2.45) is 0 Å². The first-order valence-corrected chi connectivity index (χ1v) is 7.16. The van der Waals surface area contributed by atoms with Crippen LogP contribution in [-0.4, -0.2) is 18.0 Å². The lowest BCUT2D eigenvalue weighted by atomic mass is 10.1. The minimum absolute atomic E-state index is 0.171. The summed E-state index contributed by atoms with van der Waals surface area (Å²) in [7, 11) is 1.64. The van der Waals surface area contributed by atoms with Crippen molar-refractivity contribution in [2.45, 2.75) is 20.3 Å². The van der Waals surface area contributed by atoms with Gasteiger partial charge >= 0.3 is 0 Å². The highest BCUT2D eigenvalue weighted by Gasteiger charge is 2.13. The molecule has 1 aromatic heterocycles. The minimum Gasteiger partial charge on any atom is -0.496 e. The van der Waals surface area contributed by atoms with Crippen LogP contribution in [-0.2, 0) is 4.79 Å². The van der Waals surface area contributed by atoms with E-state index in [4.69, 9.17) is 10.00 Å². The highest BCUT2D eigenvalue weighted by molar-refractivity contribution is 7.16. The van der Waals surface area contributed by atoms with Crippen LogP contribution >= 0.6 is 11.3 Å². The molecule has 1 amide bonds. The molecule has 0 radical (unpaired) electrons. The molecule has 0 saturated heterocycles. The molecule has 0 fully saturated rings. The second-order valence-corrected chi connectivity index (χ2v) is 5.69. The van der Waals surface area contributed by atoms with Crippen molar-refractivity contribution in [3.63, 3.8) is 0 Å². The fraction of sp³-hybridized carbons (Fsp3) is 0.267. The Hall–Kier alpha value is -2.39. The van der Waals surface area contributed by atoms with Crippen LogP contribution in [0, 0.1) is 25.2 Å². The predicted molar refractivity (Wildman–Crippen MR) is 82.4 cm³/mol. The van der Waals surface area contributed by atoms with E-state index < -0.39 is 0 Å². The maximum Gasteiger partial charge on any atom is 0.240 e. The maximum atomic E-state index is 11.4. The van der Waals surface area contributed by atoms with Crippen molar-refractivity contribution in [1.82, 2.24) is 4.98 Å². The molecule has 1 aromatic carbocycles. The summed E-state index contributed by atoms with van der Waals surface area (Å²) < 4.78 is 5.25. The van der Waals surface area contributed by atoms with E-state index in [2.05, 4.69) is 10.3 Å². The molecule has 2 aromatic rings. The van der Waals surface area contributed by atoms with E-state index in [-0.39, 0.29) is 12.3 Å². The molecule has 0 atom stereocenters. The Morgan fingerprint density at radius 1 is 1.48 bits per heavy atom. The number of nitrogens with one attached hydrogen (secondary N) is 1. The average Bonchev–Trinajstić information content (AvgIpc) is 2.79. The van der Waals surface area contributed by atoms with Gasteiger partial charge in [-0.2, -0.15) is 5.26 Å². The van der Waals surface area contributed by atoms with Gasteiger partial charge in [0.15, 0.2) is 5.13 Å². The van der Waals surface area contributed by atoms with Crippen molar-refractivity contribution in [2.75, 3.05) is 12.4 Å². The van der Waals surface area contributed by atoms with Crippen LogP contribution in [0.2, 0.25) is 0 Å². The normalized spacial score (nSPS) is 10.0. The molecule has 2 rings (SSSR count). The van der Waals surface area contributed by atoms with Gasteiger partial charge in [0.2, 0.25) is 5.91 Å². The van der Waals surface area contributed by atoms with E-state index in [1.54, 1.807) is 7.11 Å². The van der Waals surface area contributed by atoms with Gasteiger partial charge in [-0.05, 0) is 37.6 Å². The number of methoxy groups -OCH3 is 1. The summed E-state index contributed by atoms with van der Waals surface area (Å²) in [4.78, 5) is 16.9. The maximum absolute atomic E-state index is 11.4. The number of hydrogen-bond donors (Lipinski definition) is 1. The number of rotatable bonds is 4. The van der Waals surface area contributed by atoms with Gasteiger partial charge in [0.25, 0.3) is 0 Å². The molecule has 1 heterocycles. The first kappa shape index (κ1) is 15.0. The number of aryl methyl sites for hydroxylation is 2. The number of amides is 1. The molecular formula is C15H15N3O2S. The summed E-state index contributed by atoms with van der Waals surface area (Å²) in [6, 6.07) is 7.65. The number of benzene rings is 1. The third kappa shape index (κ3) is 3.38. The lowest BCUT2D eigenvalue weighted by molar-refractivity contribution is -0.115. The molecule has 0 spiro atoms. The second-order valence-electron chi connectivity index (χ2n) is 4.49. The smallest absolute Gasteiger partial charge is 0.240 e. The lowest BCUT2D eigenvalue weighted by Gasteiger charge is -2.06. The van der Waals surface area contributed by atoms with E-state index in [0.29, 0.717) is 5.13 Å². The van der Waals surface area contributed by atoms with Gasteiger partial charge in [0.1, 0.15) is 12.2 Å². The Morgan fingerprint density at radius 2 is 2.24 bits per heavy atom.